The van der Waals surface area contributed by atoms with Gasteiger partial charge < -0.3 is 4.90 Å². The summed E-state index contributed by atoms with van der Waals surface area (Å²) in [6.07, 6.45) is 8.79. The maximum atomic E-state index is 12.5. The van der Waals surface area contributed by atoms with Crippen molar-refractivity contribution in [1.82, 2.24) is 19.4 Å². The second kappa shape index (κ2) is 7.91. The normalized spacial score (nSPS) is 24.3. The van der Waals surface area contributed by atoms with Gasteiger partial charge in [0.1, 0.15) is 5.82 Å². The van der Waals surface area contributed by atoms with Crippen LogP contribution in [-0.4, -0.2) is 58.0 Å². The molecule has 2 fully saturated rings. The number of hydrogen-bond donors (Lipinski definition) is 0. The van der Waals surface area contributed by atoms with Crippen LogP contribution in [0.1, 0.15) is 62.4 Å². The Bertz CT molecular complexity index is 708. The van der Waals surface area contributed by atoms with Gasteiger partial charge in [-0.15, -0.1) is 0 Å². The quantitative estimate of drug-likeness (QED) is 0.826. The summed E-state index contributed by atoms with van der Waals surface area (Å²) >= 11 is 0. The molecule has 6 nitrogen and oxygen atoms in total. The minimum Gasteiger partial charge on any atom is -0.342 e. The Balaban J connectivity index is 1.40. The van der Waals surface area contributed by atoms with Gasteiger partial charge in [0.05, 0.1) is 12.2 Å². The van der Waals surface area contributed by atoms with Gasteiger partial charge in [0, 0.05) is 44.6 Å². The SMILES string of the molecule is O=C(CN1CC[C@@H](c2cc(=O)n3c(n2)CCCCC3)C1)N1CCCCC1. The van der Waals surface area contributed by atoms with Crippen molar-refractivity contribution in [2.45, 2.75) is 63.8 Å². The van der Waals surface area contributed by atoms with Crippen molar-refractivity contribution in [2.75, 3.05) is 32.7 Å². The van der Waals surface area contributed by atoms with Gasteiger partial charge in [-0.2, -0.15) is 0 Å². The largest absolute Gasteiger partial charge is 0.342 e. The number of rotatable bonds is 3. The highest BCUT2D eigenvalue weighted by atomic mass is 16.2. The van der Waals surface area contributed by atoms with Gasteiger partial charge in [-0.1, -0.05) is 6.42 Å². The van der Waals surface area contributed by atoms with Crippen LogP contribution in [0.25, 0.3) is 0 Å². The van der Waals surface area contributed by atoms with Crippen molar-refractivity contribution >= 4 is 5.91 Å². The Morgan fingerprint density at radius 2 is 1.81 bits per heavy atom. The summed E-state index contributed by atoms with van der Waals surface area (Å²) < 4.78 is 1.86. The Hall–Kier alpha value is -1.69. The first-order valence-corrected chi connectivity index (χ1v) is 10.3. The monoisotopic (exact) mass is 358 g/mol. The number of aryl methyl sites for hydroxylation is 1. The van der Waals surface area contributed by atoms with Crippen molar-refractivity contribution < 1.29 is 4.79 Å². The van der Waals surface area contributed by atoms with Crippen molar-refractivity contribution in [3.05, 3.63) is 27.9 Å². The topological polar surface area (TPSA) is 58.4 Å². The Morgan fingerprint density at radius 1 is 1.04 bits per heavy atom. The van der Waals surface area contributed by atoms with E-state index in [9.17, 15) is 9.59 Å². The van der Waals surface area contributed by atoms with E-state index in [1.807, 2.05) is 9.47 Å². The van der Waals surface area contributed by atoms with Crippen LogP contribution >= 0.6 is 0 Å². The average molecular weight is 358 g/mol. The molecule has 142 valence electrons. The number of fused-ring (bicyclic) bond motifs is 1. The van der Waals surface area contributed by atoms with Gasteiger partial charge in [-0.3, -0.25) is 19.1 Å². The zero-order chi connectivity index (χ0) is 17.9. The van der Waals surface area contributed by atoms with Crippen LogP contribution in [0.2, 0.25) is 0 Å². The lowest BCUT2D eigenvalue weighted by molar-refractivity contribution is -0.133. The number of carbonyl (C=O) groups is 1. The molecule has 0 spiro atoms. The third kappa shape index (κ3) is 3.85. The lowest BCUT2D eigenvalue weighted by atomic mass is 10.0. The summed E-state index contributed by atoms with van der Waals surface area (Å²) in [6, 6.07) is 1.75. The molecule has 1 atom stereocenters. The van der Waals surface area contributed by atoms with Crippen molar-refractivity contribution in [3.63, 3.8) is 0 Å². The lowest BCUT2D eigenvalue weighted by Gasteiger charge is -2.28. The summed E-state index contributed by atoms with van der Waals surface area (Å²) in [5, 5.41) is 0. The Kier molecular flexibility index (Phi) is 5.38. The molecule has 2 saturated heterocycles. The molecule has 0 bridgehead atoms. The third-order valence-corrected chi connectivity index (χ3v) is 6.15. The summed E-state index contributed by atoms with van der Waals surface area (Å²) in [6.45, 7) is 4.92. The van der Waals surface area contributed by atoms with Crippen LogP contribution in [0.4, 0.5) is 0 Å². The van der Waals surface area contributed by atoms with Gasteiger partial charge in [0.15, 0.2) is 0 Å². The Labute approximate surface area is 155 Å². The van der Waals surface area contributed by atoms with E-state index in [0.29, 0.717) is 6.54 Å². The summed E-state index contributed by atoms with van der Waals surface area (Å²) in [5.74, 6) is 1.51. The summed E-state index contributed by atoms with van der Waals surface area (Å²) in [4.78, 5) is 34.1. The van der Waals surface area contributed by atoms with Crippen LogP contribution in [0, 0.1) is 0 Å². The molecule has 4 heterocycles. The summed E-state index contributed by atoms with van der Waals surface area (Å²) in [5.41, 5.74) is 1.05. The molecule has 3 aliphatic rings. The molecule has 1 aromatic heterocycles. The van der Waals surface area contributed by atoms with Gasteiger partial charge in [0.2, 0.25) is 5.91 Å². The van der Waals surface area contributed by atoms with E-state index in [1.165, 1.54) is 12.8 Å². The van der Waals surface area contributed by atoms with E-state index in [1.54, 1.807) is 6.07 Å². The predicted molar refractivity (Wildman–Crippen MR) is 100 cm³/mol. The van der Waals surface area contributed by atoms with Crippen molar-refractivity contribution in [2.24, 2.45) is 0 Å². The lowest BCUT2D eigenvalue weighted by Crippen LogP contribution is -2.42. The second-order valence-electron chi connectivity index (χ2n) is 8.06. The molecule has 0 saturated carbocycles. The summed E-state index contributed by atoms with van der Waals surface area (Å²) in [7, 11) is 0. The highest BCUT2D eigenvalue weighted by Crippen LogP contribution is 2.26. The van der Waals surface area contributed by atoms with Gasteiger partial charge in [-0.05, 0) is 45.1 Å². The van der Waals surface area contributed by atoms with E-state index < -0.39 is 0 Å². The average Bonchev–Trinajstić information content (AvgIpc) is 2.98. The van der Waals surface area contributed by atoms with Gasteiger partial charge in [-0.25, -0.2) is 4.98 Å². The zero-order valence-corrected chi connectivity index (χ0v) is 15.7. The van der Waals surface area contributed by atoms with Crippen LogP contribution in [0.15, 0.2) is 10.9 Å². The van der Waals surface area contributed by atoms with E-state index in [0.717, 1.165) is 82.8 Å². The first-order chi connectivity index (χ1) is 12.7. The number of likely N-dealkylation sites (tertiary alicyclic amines) is 2. The maximum absolute atomic E-state index is 12.5. The van der Waals surface area contributed by atoms with Crippen LogP contribution < -0.4 is 5.56 Å². The molecule has 0 unspecified atom stereocenters. The van der Waals surface area contributed by atoms with Crippen molar-refractivity contribution in [3.8, 4) is 0 Å². The zero-order valence-electron chi connectivity index (χ0n) is 15.7. The fourth-order valence-corrected chi connectivity index (χ4v) is 4.59. The standard InChI is InChI=1S/C20H30N4O2/c25-19-13-17(21-18-7-3-1-6-11-24(18)19)16-8-12-22(14-16)15-20(26)23-9-4-2-5-10-23/h13,16H,1-12,14-15H2/t16-/m1/s1. The Morgan fingerprint density at radius 3 is 2.65 bits per heavy atom. The minimum atomic E-state index is 0.106. The number of aromatic nitrogens is 2. The fraction of sp³-hybridized carbons (Fsp3) is 0.750. The van der Waals surface area contributed by atoms with Crippen LogP contribution in [0.5, 0.6) is 0 Å². The first-order valence-electron chi connectivity index (χ1n) is 10.3. The molecule has 0 radical (unpaired) electrons. The van der Waals surface area contributed by atoms with E-state index in [4.69, 9.17) is 4.98 Å². The molecule has 1 aromatic rings. The van der Waals surface area contributed by atoms with Gasteiger partial charge in [0.25, 0.3) is 5.56 Å². The maximum Gasteiger partial charge on any atom is 0.253 e. The van der Waals surface area contributed by atoms with Crippen molar-refractivity contribution in [1.29, 1.82) is 0 Å². The number of amides is 1. The second-order valence-corrected chi connectivity index (χ2v) is 8.06. The molecule has 6 heteroatoms. The van der Waals surface area contributed by atoms with E-state index in [-0.39, 0.29) is 17.4 Å². The highest BCUT2D eigenvalue weighted by Gasteiger charge is 2.29. The van der Waals surface area contributed by atoms with Crippen LogP contribution in [-0.2, 0) is 17.8 Å². The molecular weight excluding hydrogens is 328 g/mol. The highest BCUT2D eigenvalue weighted by molar-refractivity contribution is 5.78. The number of carbonyl (C=O) groups excluding carboxylic acids is 1. The first kappa shape index (κ1) is 17.7. The molecule has 0 aliphatic carbocycles. The molecule has 4 rings (SSSR count). The minimum absolute atomic E-state index is 0.106. The molecule has 0 N–H and O–H groups in total. The van der Waals surface area contributed by atoms with E-state index >= 15 is 0 Å². The van der Waals surface area contributed by atoms with E-state index in [2.05, 4.69) is 4.90 Å². The van der Waals surface area contributed by atoms with Gasteiger partial charge >= 0.3 is 0 Å². The molecule has 1 amide bonds. The predicted octanol–water partition coefficient (Wildman–Crippen LogP) is 1.77. The smallest absolute Gasteiger partial charge is 0.253 e. The van der Waals surface area contributed by atoms with Crippen LogP contribution in [0.3, 0.4) is 0 Å². The number of piperidine rings is 1. The third-order valence-electron chi connectivity index (χ3n) is 6.15. The fourth-order valence-electron chi connectivity index (χ4n) is 4.59. The number of nitrogens with zero attached hydrogens (tertiary/aromatic N) is 4. The molecule has 3 aliphatic heterocycles. The molecular formula is C20H30N4O2. The molecule has 0 aromatic carbocycles. The number of hydrogen-bond acceptors (Lipinski definition) is 4. The molecule has 26 heavy (non-hydrogen) atoms.